The van der Waals surface area contributed by atoms with Crippen LogP contribution in [0.1, 0.15) is 43.6 Å². The first-order chi connectivity index (χ1) is 28.2. The lowest BCUT2D eigenvalue weighted by Crippen LogP contribution is -2.50. The number of aromatic nitrogens is 7. The van der Waals surface area contributed by atoms with Gasteiger partial charge in [0.25, 0.3) is 11.5 Å². The summed E-state index contributed by atoms with van der Waals surface area (Å²) in [6.07, 6.45) is -9.42. The van der Waals surface area contributed by atoms with Crippen molar-refractivity contribution in [2.75, 3.05) is 18.5 Å². The minimum absolute atomic E-state index is 0.0148. The Morgan fingerprint density at radius 3 is 2.32 bits per heavy atom. The lowest BCUT2D eigenvalue weighted by atomic mass is 10.1. The number of hydrogen-bond donors (Lipinski definition) is 4. The van der Waals surface area contributed by atoms with Crippen LogP contribution in [0.25, 0.3) is 22.2 Å². The molecule has 3 aliphatic rings. The molecule has 3 saturated heterocycles. The van der Waals surface area contributed by atoms with E-state index in [1.165, 1.54) is 0 Å². The maximum absolute atomic E-state index is 16.6. The summed E-state index contributed by atoms with van der Waals surface area (Å²) < 4.78 is 102. The van der Waals surface area contributed by atoms with Crippen LogP contribution < -0.4 is 10.9 Å². The van der Waals surface area contributed by atoms with Gasteiger partial charge in [0.15, 0.2) is 55.4 Å². The van der Waals surface area contributed by atoms with Crippen LogP contribution in [0.4, 0.5) is 14.6 Å². The fourth-order valence-electron chi connectivity index (χ4n) is 6.86. The highest BCUT2D eigenvalue weighted by molar-refractivity contribution is 7.47. The van der Waals surface area contributed by atoms with Crippen molar-refractivity contribution in [3.05, 3.63) is 77.2 Å². The van der Waals surface area contributed by atoms with E-state index in [1.54, 1.807) is 30.3 Å². The standard InChI is InChI=1S/C34H40F2N8O13P2Si/c1-34(2,3)60(4,5)57-25-20-13-52-58(47,48)55-24-19(12-51-59(49,50)56-26(25)33(54-20)43-11-18(35)21-28(43)38-15-40-31(21)46)53-32(22(24)36)44-16-41-23-27(37-14-39-29(23)44)42-30(45)17-9-7-6-8-10-17/h6-11,14-16,19-20,22,24-26,32-33H,12-13H2,1-5H3,(H,47,48)(H,49,50)(H,38,40,46)(H,37,39,42,45)/t19-,20?,22-,24-,25?,26-,32-,33-/m1/s1. The number of amides is 1. The Balaban J connectivity index is 1.12. The van der Waals surface area contributed by atoms with Gasteiger partial charge in [-0.3, -0.25) is 32.3 Å². The summed E-state index contributed by atoms with van der Waals surface area (Å²) in [6.45, 7) is 7.71. The number of fused-ring (bicyclic) bond motifs is 5. The predicted octanol–water partition coefficient (Wildman–Crippen LogP) is 4.50. The molecule has 1 amide bonds. The molecule has 4 N–H and O–H groups in total. The van der Waals surface area contributed by atoms with Crippen molar-refractivity contribution in [1.82, 2.24) is 34.1 Å². The monoisotopic (exact) mass is 896 g/mol. The van der Waals surface area contributed by atoms with Gasteiger partial charge in [-0.2, -0.15) is 0 Å². The van der Waals surface area contributed by atoms with Crippen molar-refractivity contribution in [2.24, 2.45) is 0 Å². The fraction of sp³-hybridized carbons (Fsp3) is 0.471. The van der Waals surface area contributed by atoms with Gasteiger partial charge in [-0.25, -0.2) is 37.8 Å². The SMILES string of the molecule is CC(C)(C)[Si](C)(C)OC1C2COP(=O)(O)O[C@H]3[C@@H](F)[C@H](n4cnc5c(NC(=O)c6ccccc6)ncnc54)O[C@@H]3COP(=O)(O)O[C@H]1[C@H](n1cc(F)c3c(=O)[nH]cnc31)O2. The van der Waals surface area contributed by atoms with Crippen molar-refractivity contribution in [2.45, 2.75) is 88.1 Å². The number of carbonyl (C=O) groups is 1. The molecule has 5 aromatic rings. The number of hydrogen-bond acceptors (Lipinski definition) is 15. The number of phosphoric acid groups is 2. The lowest BCUT2D eigenvalue weighted by Gasteiger charge is -2.40. The van der Waals surface area contributed by atoms with E-state index in [9.17, 15) is 28.5 Å². The molecule has 0 radical (unpaired) electrons. The van der Waals surface area contributed by atoms with Crippen LogP contribution in [0, 0.1) is 5.82 Å². The Morgan fingerprint density at radius 1 is 0.950 bits per heavy atom. The minimum atomic E-state index is -5.28. The van der Waals surface area contributed by atoms with Crippen LogP contribution in [0.15, 0.2) is 60.3 Å². The Hall–Kier alpha value is -4.16. The number of H-pyrrole nitrogens is 1. The van der Waals surface area contributed by atoms with Gasteiger partial charge in [0.1, 0.15) is 42.2 Å². The number of rotatable bonds is 6. The van der Waals surface area contributed by atoms with Crippen LogP contribution in [0.5, 0.6) is 0 Å². The summed E-state index contributed by atoms with van der Waals surface area (Å²) in [4.78, 5) is 66.7. The third-order valence-corrected chi connectivity index (χ3v) is 17.3. The van der Waals surface area contributed by atoms with E-state index in [0.29, 0.717) is 5.56 Å². The average Bonchev–Trinajstić information content (AvgIpc) is 3.93. The van der Waals surface area contributed by atoms with E-state index in [1.807, 2.05) is 33.9 Å². The van der Waals surface area contributed by atoms with Crippen LogP contribution >= 0.6 is 15.6 Å². The highest BCUT2D eigenvalue weighted by atomic mass is 31.2. The largest absolute Gasteiger partial charge is 0.472 e. The summed E-state index contributed by atoms with van der Waals surface area (Å²) in [6, 6.07) is 8.25. The molecule has 21 nitrogen and oxygen atoms in total. The van der Waals surface area contributed by atoms with E-state index >= 15 is 8.78 Å². The zero-order valence-corrected chi connectivity index (χ0v) is 35.2. The lowest BCUT2D eigenvalue weighted by molar-refractivity contribution is -0.0670. The number of aromatic amines is 1. The second-order valence-corrected chi connectivity index (χ2v) is 23.3. The van der Waals surface area contributed by atoms with Crippen LogP contribution in [0.3, 0.4) is 0 Å². The molecular weight excluding hydrogens is 856 g/mol. The summed E-state index contributed by atoms with van der Waals surface area (Å²) in [7, 11) is -13.4. The molecule has 0 spiro atoms. The van der Waals surface area contributed by atoms with Gasteiger partial charge in [0.2, 0.25) is 0 Å². The molecule has 0 aliphatic carbocycles. The van der Waals surface area contributed by atoms with E-state index in [4.69, 9.17) is 32.0 Å². The third-order valence-electron chi connectivity index (χ3n) is 10.8. The zero-order valence-electron chi connectivity index (χ0n) is 32.4. The van der Waals surface area contributed by atoms with Crippen molar-refractivity contribution in [3.8, 4) is 0 Å². The molecule has 1 aromatic carbocycles. The van der Waals surface area contributed by atoms with Crippen molar-refractivity contribution < 1.29 is 64.5 Å². The third kappa shape index (κ3) is 8.03. The van der Waals surface area contributed by atoms with Crippen LogP contribution in [-0.2, 0) is 41.1 Å². The molecule has 3 fully saturated rings. The van der Waals surface area contributed by atoms with Gasteiger partial charge in [-0.15, -0.1) is 0 Å². The van der Waals surface area contributed by atoms with E-state index in [2.05, 4.69) is 30.2 Å². The van der Waals surface area contributed by atoms with Gasteiger partial charge in [-0.1, -0.05) is 39.0 Å². The van der Waals surface area contributed by atoms with Crippen LogP contribution in [-0.4, -0.2) is 108 Å². The van der Waals surface area contributed by atoms with Gasteiger partial charge in [0.05, 0.1) is 25.9 Å². The van der Waals surface area contributed by atoms with E-state index in [0.717, 1.165) is 34.3 Å². The molecule has 322 valence electrons. The first-order valence-corrected chi connectivity index (χ1v) is 24.4. The number of nitrogens with one attached hydrogen (secondary N) is 2. The number of imidazole rings is 1. The average molecular weight is 897 g/mol. The van der Waals surface area contributed by atoms with Crippen molar-refractivity contribution in [3.63, 3.8) is 0 Å². The number of carbonyl (C=O) groups excluding carboxylic acids is 1. The smallest absolute Gasteiger partial charge is 0.408 e. The molecule has 3 aliphatic heterocycles. The summed E-state index contributed by atoms with van der Waals surface area (Å²) in [5.74, 6) is -1.53. The number of benzene rings is 1. The first kappa shape index (κ1) is 42.5. The number of phosphoric ester groups is 2. The van der Waals surface area contributed by atoms with Crippen molar-refractivity contribution in [1.29, 1.82) is 0 Å². The number of alkyl halides is 1. The Bertz CT molecular complexity index is 2590. The quantitative estimate of drug-likeness (QED) is 0.135. The normalized spacial score (nSPS) is 31.7. The Morgan fingerprint density at radius 2 is 1.62 bits per heavy atom. The number of nitrogens with zero attached hydrogens (tertiary/aromatic N) is 6. The molecule has 8 rings (SSSR count). The maximum Gasteiger partial charge on any atom is 0.472 e. The Labute approximate surface area is 339 Å². The molecule has 10 atom stereocenters. The van der Waals surface area contributed by atoms with Gasteiger partial charge >= 0.3 is 15.6 Å². The molecule has 0 saturated carbocycles. The highest BCUT2D eigenvalue weighted by Crippen LogP contribution is 2.55. The molecule has 26 heteroatoms. The van der Waals surface area contributed by atoms with Gasteiger partial charge in [0, 0.05) is 11.8 Å². The summed E-state index contributed by atoms with van der Waals surface area (Å²) in [5, 5.41) is 1.72. The molecule has 2 bridgehead atoms. The Kier molecular flexibility index (Phi) is 11.1. The maximum atomic E-state index is 16.6. The number of halogens is 2. The number of ether oxygens (including phenoxy) is 2. The van der Waals surface area contributed by atoms with Crippen molar-refractivity contribution >= 4 is 57.9 Å². The second-order valence-electron chi connectivity index (χ2n) is 15.8. The minimum Gasteiger partial charge on any atom is -0.408 e. The fourth-order valence-corrected chi connectivity index (χ4v) is 10.1. The van der Waals surface area contributed by atoms with E-state index in [-0.39, 0.29) is 22.6 Å². The molecule has 7 heterocycles. The topological polar surface area (TPSA) is 263 Å². The predicted molar refractivity (Wildman–Crippen MR) is 206 cm³/mol. The summed E-state index contributed by atoms with van der Waals surface area (Å²) in [5.41, 5.74) is -0.702. The highest BCUT2D eigenvalue weighted by Gasteiger charge is 2.57. The van der Waals surface area contributed by atoms with Gasteiger partial charge in [-0.05, 0) is 30.3 Å². The number of anilines is 1. The molecule has 60 heavy (non-hydrogen) atoms. The molecular formula is C34H40F2N8O13P2Si. The van der Waals surface area contributed by atoms with E-state index < -0.39 is 114 Å². The summed E-state index contributed by atoms with van der Waals surface area (Å²) >= 11 is 0. The second kappa shape index (κ2) is 15.6. The van der Waals surface area contributed by atoms with Crippen LogP contribution in [0.2, 0.25) is 18.1 Å². The molecule has 4 unspecified atom stereocenters. The zero-order chi connectivity index (χ0) is 42.9. The van der Waals surface area contributed by atoms with Gasteiger partial charge < -0.3 is 38.6 Å². The molecule has 4 aromatic heterocycles. The first-order valence-electron chi connectivity index (χ1n) is 18.5.